The maximum absolute atomic E-state index is 13.5. The van der Waals surface area contributed by atoms with Crippen LogP contribution in [0.15, 0.2) is 60.6 Å². The summed E-state index contributed by atoms with van der Waals surface area (Å²) in [5.41, 5.74) is 0.409. The molecule has 4 atom stereocenters. The molecule has 2 aromatic carbocycles. The molecule has 3 aliphatic heterocycles. The van der Waals surface area contributed by atoms with Crippen LogP contribution in [0.4, 0.5) is 0 Å². The number of rotatable bonds is 8. The number of fused-ring (bicyclic) bond motifs is 3. The standard InChI is InChI=1S/C29H26N2O11S/c1-30-25(34)26(35)31-23-17(24(33)29(31,43-4)28(30)37)14-40-10-9-20(23)42-27(36)16-6-8-19(39-3)22(12-16)41-21-11-15(13-32)5-7-18(21)38-2/h5-14,20,23-24,33H,1-4H3. The number of hydrogen-bond donors (Lipinski definition) is 1. The number of imide groups is 1. The third kappa shape index (κ3) is 4.68. The molecule has 0 aliphatic carbocycles. The van der Waals surface area contributed by atoms with E-state index in [9.17, 15) is 29.1 Å². The van der Waals surface area contributed by atoms with Crippen LogP contribution in [-0.2, 0) is 23.9 Å². The molecule has 0 radical (unpaired) electrons. The predicted molar refractivity (Wildman–Crippen MR) is 150 cm³/mol. The summed E-state index contributed by atoms with van der Waals surface area (Å²) in [6.07, 6.45) is 3.03. The average molecular weight is 611 g/mol. The Balaban J connectivity index is 1.49. The molecule has 3 aliphatic rings. The number of methoxy groups -OCH3 is 2. The summed E-state index contributed by atoms with van der Waals surface area (Å²) >= 11 is 0.880. The fraction of sp³-hybridized carbons (Fsp3) is 0.276. The van der Waals surface area contributed by atoms with Crippen LogP contribution in [-0.4, -0.2) is 95.5 Å². The highest BCUT2D eigenvalue weighted by Gasteiger charge is 2.69. The van der Waals surface area contributed by atoms with Gasteiger partial charge >= 0.3 is 17.8 Å². The van der Waals surface area contributed by atoms with Gasteiger partial charge in [0.2, 0.25) is 0 Å². The molecule has 0 bridgehead atoms. The van der Waals surface area contributed by atoms with E-state index in [0.717, 1.165) is 23.7 Å². The number of carbonyl (C=O) groups is 5. The van der Waals surface area contributed by atoms with Crippen molar-refractivity contribution in [1.82, 2.24) is 9.80 Å². The Morgan fingerprint density at radius 1 is 1.02 bits per heavy atom. The van der Waals surface area contributed by atoms with Crippen LogP contribution in [0.1, 0.15) is 20.7 Å². The lowest BCUT2D eigenvalue weighted by Crippen LogP contribution is -2.70. The normalized spacial score (nSPS) is 24.3. The molecule has 2 aromatic rings. The summed E-state index contributed by atoms with van der Waals surface area (Å²) in [4.78, 5) is 63.8. The van der Waals surface area contributed by atoms with Gasteiger partial charge in [-0.1, -0.05) is 0 Å². The molecule has 0 spiro atoms. The molecule has 3 heterocycles. The molecule has 14 heteroatoms. The molecule has 13 nitrogen and oxygen atoms in total. The molecule has 2 fully saturated rings. The highest BCUT2D eigenvalue weighted by Crippen LogP contribution is 2.50. The van der Waals surface area contributed by atoms with Gasteiger partial charge in [-0.05, 0) is 48.7 Å². The second kappa shape index (κ2) is 11.5. The number of amides is 3. The molecular formula is C29H26N2O11S. The summed E-state index contributed by atoms with van der Waals surface area (Å²) in [6.45, 7) is 0. The highest BCUT2D eigenvalue weighted by molar-refractivity contribution is 8.00. The zero-order valence-electron chi connectivity index (χ0n) is 23.3. The minimum absolute atomic E-state index is 0.0111. The number of benzene rings is 2. The number of ether oxygens (including phenoxy) is 5. The second-order valence-corrected chi connectivity index (χ2v) is 10.6. The maximum atomic E-state index is 13.5. The predicted octanol–water partition coefficient (Wildman–Crippen LogP) is 1.89. The third-order valence-corrected chi connectivity index (χ3v) is 8.56. The number of esters is 1. The summed E-state index contributed by atoms with van der Waals surface area (Å²) in [6, 6.07) is 7.57. The monoisotopic (exact) mass is 610 g/mol. The number of aliphatic hydroxyl groups excluding tert-OH is 1. The minimum atomic E-state index is -1.88. The van der Waals surface area contributed by atoms with Crippen LogP contribution in [0.5, 0.6) is 23.0 Å². The van der Waals surface area contributed by atoms with Crippen molar-refractivity contribution in [3.8, 4) is 23.0 Å². The number of aldehydes is 1. The van der Waals surface area contributed by atoms with Crippen molar-refractivity contribution in [1.29, 1.82) is 0 Å². The molecule has 224 valence electrons. The van der Waals surface area contributed by atoms with Crippen LogP contribution in [0.3, 0.4) is 0 Å². The van der Waals surface area contributed by atoms with E-state index < -0.39 is 46.8 Å². The molecule has 43 heavy (non-hydrogen) atoms. The van der Waals surface area contributed by atoms with Gasteiger partial charge in [0, 0.05) is 18.2 Å². The molecule has 3 amide bonds. The SMILES string of the molecule is COc1ccc(C=O)cc1Oc1cc(C(=O)OC2C=COC=C3C2N2C(=O)C(=O)N(C)C(=O)C2(SC)C3O)ccc1OC. The molecule has 2 saturated heterocycles. The van der Waals surface area contributed by atoms with Crippen molar-refractivity contribution in [2.45, 2.75) is 23.1 Å². The van der Waals surface area contributed by atoms with Gasteiger partial charge in [0.15, 0.2) is 27.9 Å². The molecule has 1 N–H and O–H groups in total. The zero-order valence-corrected chi connectivity index (χ0v) is 24.2. The quantitative estimate of drug-likeness (QED) is 0.201. The van der Waals surface area contributed by atoms with Gasteiger partial charge in [0.25, 0.3) is 5.91 Å². The van der Waals surface area contributed by atoms with Gasteiger partial charge in [0.1, 0.15) is 24.5 Å². The summed E-state index contributed by atoms with van der Waals surface area (Å²) in [7, 11) is 4.00. The Labute approximate surface area is 249 Å². The first-order valence-corrected chi connectivity index (χ1v) is 14.0. The van der Waals surface area contributed by atoms with Gasteiger partial charge in [-0.2, -0.15) is 0 Å². The van der Waals surface area contributed by atoms with Crippen molar-refractivity contribution in [2.75, 3.05) is 27.5 Å². The molecular weight excluding hydrogens is 584 g/mol. The van der Waals surface area contributed by atoms with Gasteiger partial charge in [0.05, 0.1) is 32.3 Å². The van der Waals surface area contributed by atoms with Gasteiger partial charge in [-0.15, -0.1) is 11.8 Å². The average Bonchev–Trinajstić information content (AvgIpc) is 3.12. The van der Waals surface area contributed by atoms with Crippen LogP contribution in [0, 0.1) is 0 Å². The lowest BCUT2D eigenvalue weighted by Gasteiger charge is -2.44. The van der Waals surface area contributed by atoms with Gasteiger partial charge in [-0.3, -0.25) is 29.0 Å². The van der Waals surface area contributed by atoms with E-state index >= 15 is 0 Å². The van der Waals surface area contributed by atoms with E-state index in [4.69, 9.17) is 23.7 Å². The maximum Gasteiger partial charge on any atom is 0.338 e. The van der Waals surface area contributed by atoms with Crippen molar-refractivity contribution in [3.63, 3.8) is 0 Å². The minimum Gasteiger partial charge on any atom is -0.493 e. The number of carbonyl (C=O) groups excluding carboxylic acids is 5. The largest absolute Gasteiger partial charge is 0.493 e. The van der Waals surface area contributed by atoms with Crippen LogP contribution >= 0.6 is 11.8 Å². The fourth-order valence-electron chi connectivity index (χ4n) is 5.21. The Morgan fingerprint density at radius 3 is 2.35 bits per heavy atom. The first-order chi connectivity index (χ1) is 20.6. The van der Waals surface area contributed by atoms with E-state index in [1.54, 1.807) is 12.1 Å². The highest BCUT2D eigenvalue weighted by atomic mass is 32.2. The van der Waals surface area contributed by atoms with Crippen LogP contribution in [0.2, 0.25) is 0 Å². The summed E-state index contributed by atoms with van der Waals surface area (Å²) in [5.74, 6) is -2.94. The van der Waals surface area contributed by atoms with Crippen molar-refractivity contribution in [2.24, 2.45) is 0 Å². The summed E-state index contributed by atoms with van der Waals surface area (Å²) < 4.78 is 27.8. The van der Waals surface area contributed by atoms with Gasteiger partial charge < -0.3 is 28.8 Å². The molecule has 0 aromatic heterocycles. The zero-order chi connectivity index (χ0) is 31.1. The van der Waals surface area contributed by atoms with Crippen LogP contribution in [0.25, 0.3) is 0 Å². The molecule has 0 saturated carbocycles. The first kappa shape index (κ1) is 29.7. The lowest BCUT2D eigenvalue weighted by atomic mass is 10.0. The topological polar surface area (TPSA) is 158 Å². The van der Waals surface area contributed by atoms with E-state index in [2.05, 4.69) is 0 Å². The molecule has 4 unspecified atom stereocenters. The Kier molecular flexibility index (Phi) is 7.90. The van der Waals surface area contributed by atoms with Crippen molar-refractivity contribution in [3.05, 3.63) is 71.7 Å². The number of piperazine rings is 1. The van der Waals surface area contributed by atoms with E-state index in [1.807, 2.05) is 0 Å². The first-order valence-electron chi connectivity index (χ1n) is 12.7. The van der Waals surface area contributed by atoms with Crippen molar-refractivity contribution < 1.29 is 52.8 Å². The smallest absolute Gasteiger partial charge is 0.338 e. The van der Waals surface area contributed by atoms with Crippen LogP contribution < -0.4 is 14.2 Å². The van der Waals surface area contributed by atoms with Gasteiger partial charge in [-0.25, -0.2) is 4.79 Å². The lowest BCUT2D eigenvalue weighted by molar-refractivity contribution is -0.170. The molecule has 5 rings (SSSR count). The van der Waals surface area contributed by atoms with E-state index in [0.29, 0.717) is 22.5 Å². The number of hydrogen-bond acceptors (Lipinski definition) is 12. The Hall–Kier alpha value is -4.82. The van der Waals surface area contributed by atoms with E-state index in [1.165, 1.54) is 63.3 Å². The summed E-state index contributed by atoms with van der Waals surface area (Å²) in [5, 5.41) is 11.3. The van der Waals surface area contributed by atoms with E-state index in [-0.39, 0.29) is 28.4 Å². The number of aliphatic hydroxyl groups is 1. The fourth-order valence-corrected chi connectivity index (χ4v) is 6.27. The number of likely N-dealkylation sites (N-methyl/N-ethyl adjacent to an activating group) is 1. The second-order valence-electron chi connectivity index (χ2n) is 9.54. The third-order valence-electron chi connectivity index (χ3n) is 7.34. The number of thioether (sulfide) groups is 1. The Bertz CT molecular complexity index is 1590. The Morgan fingerprint density at radius 2 is 1.70 bits per heavy atom. The number of nitrogens with zero attached hydrogens (tertiary/aromatic N) is 2. The van der Waals surface area contributed by atoms with Crippen molar-refractivity contribution >= 4 is 41.7 Å².